The van der Waals surface area contributed by atoms with Crippen LogP contribution in [0.2, 0.25) is 0 Å². The molecule has 3 rings (SSSR count). The Labute approximate surface area is 155 Å². The summed E-state index contributed by atoms with van der Waals surface area (Å²) in [5.41, 5.74) is 0.223. The van der Waals surface area contributed by atoms with Crippen LogP contribution in [0.3, 0.4) is 0 Å². The van der Waals surface area contributed by atoms with Crippen LogP contribution in [0, 0.1) is 5.82 Å². The van der Waals surface area contributed by atoms with Crippen molar-refractivity contribution in [3.63, 3.8) is 0 Å². The number of pyridine rings is 1. The maximum atomic E-state index is 13.9. The van der Waals surface area contributed by atoms with E-state index in [4.69, 9.17) is 14.2 Å². The van der Waals surface area contributed by atoms with E-state index in [1.54, 1.807) is 24.3 Å². The minimum absolute atomic E-state index is 0.0689. The molecular weight excluding hydrogens is 355 g/mol. The first-order chi connectivity index (χ1) is 13.0. The number of halogens is 1. The number of carbonyl (C=O) groups is 2. The van der Waals surface area contributed by atoms with Gasteiger partial charge in [0.2, 0.25) is 5.88 Å². The summed E-state index contributed by atoms with van der Waals surface area (Å²) in [6.45, 7) is 0.102. The number of para-hydroxylation sites is 1. The third-order valence-corrected chi connectivity index (χ3v) is 4.32. The molecule has 0 aliphatic carbocycles. The summed E-state index contributed by atoms with van der Waals surface area (Å²) in [4.78, 5) is 30.5. The minimum atomic E-state index is -0.843. The number of amides is 1. The van der Waals surface area contributed by atoms with Gasteiger partial charge in [-0.05, 0) is 24.3 Å². The second kappa shape index (κ2) is 8.03. The molecule has 0 spiro atoms. The Morgan fingerprint density at radius 3 is 2.67 bits per heavy atom. The number of hydrogen-bond donors (Lipinski definition) is 0. The number of methoxy groups -OCH3 is 2. The molecule has 1 aromatic heterocycles. The van der Waals surface area contributed by atoms with E-state index in [9.17, 15) is 14.0 Å². The highest BCUT2D eigenvalue weighted by Gasteiger charge is 2.42. The van der Waals surface area contributed by atoms with Crippen molar-refractivity contribution in [3.05, 3.63) is 54.0 Å². The average Bonchev–Trinajstić information content (AvgIpc) is 3.12. The van der Waals surface area contributed by atoms with Gasteiger partial charge in [0.25, 0.3) is 5.91 Å². The fraction of sp³-hybridized carbons (Fsp3) is 0.316. The summed E-state index contributed by atoms with van der Waals surface area (Å²) < 4.78 is 29.5. The third kappa shape index (κ3) is 3.84. The maximum Gasteiger partial charge on any atom is 0.328 e. The number of benzene rings is 1. The predicted octanol–water partition coefficient (Wildman–Crippen LogP) is 2.06. The molecule has 1 fully saturated rings. The van der Waals surface area contributed by atoms with Gasteiger partial charge in [0.1, 0.15) is 17.7 Å². The van der Waals surface area contributed by atoms with Gasteiger partial charge in [0, 0.05) is 12.6 Å². The summed E-state index contributed by atoms with van der Waals surface area (Å²) in [6, 6.07) is 8.31. The molecular formula is C19H19FN2O5. The van der Waals surface area contributed by atoms with E-state index in [2.05, 4.69) is 4.98 Å². The van der Waals surface area contributed by atoms with E-state index < -0.39 is 29.8 Å². The summed E-state index contributed by atoms with van der Waals surface area (Å²) >= 11 is 0. The van der Waals surface area contributed by atoms with Crippen LogP contribution >= 0.6 is 0 Å². The number of aromatic nitrogens is 1. The van der Waals surface area contributed by atoms with Gasteiger partial charge < -0.3 is 19.1 Å². The molecule has 1 amide bonds. The van der Waals surface area contributed by atoms with Crippen molar-refractivity contribution in [2.45, 2.75) is 18.6 Å². The topological polar surface area (TPSA) is 78.0 Å². The summed E-state index contributed by atoms with van der Waals surface area (Å²) in [5.74, 6) is -1.28. The Kier molecular flexibility index (Phi) is 5.54. The first kappa shape index (κ1) is 18.6. The van der Waals surface area contributed by atoms with Gasteiger partial charge in [-0.3, -0.25) is 4.79 Å². The molecule has 0 bridgehead atoms. The van der Waals surface area contributed by atoms with Gasteiger partial charge in [0.05, 0.1) is 20.8 Å². The number of likely N-dealkylation sites (tertiary alicyclic amines) is 1. The normalized spacial score (nSPS) is 18.9. The zero-order valence-corrected chi connectivity index (χ0v) is 14.9. The van der Waals surface area contributed by atoms with Gasteiger partial charge in [-0.1, -0.05) is 12.1 Å². The highest BCUT2D eigenvalue weighted by Crippen LogP contribution is 2.28. The quantitative estimate of drug-likeness (QED) is 0.746. The number of rotatable bonds is 5. The lowest BCUT2D eigenvalue weighted by molar-refractivity contribution is -0.145. The van der Waals surface area contributed by atoms with Crippen molar-refractivity contribution in [3.8, 4) is 11.6 Å². The predicted molar refractivity (Wildman–Crippen MR) is 93.1 cm³/mol. The molecule has 2 heterocycles. The monoisotopic (exact) mass is 374 g/mol. The molecule has 0 radical (unpaired) electrons. The molecule has 0 saturated carbocycles. The molecule has 1 aliphatic rings. The summed E-state index contributed by atoms with van der Waals surface area (Å²) in [5, 5.41) is 0. The fourth-order valence-electron chi connectivity index (χ4n) is 3.06. The zero-order chi connectivity index (χ0) is 19.4. The van der Waals surface area contributed by atoms with E-state index in [1.165, 1.54) is 37.4 Å². The molecule has 2 atom stereocenters. The van der Waals surface area contributed by atoms with Gasteiger partial charge in [-0.15, -0.1) is 0 Å². The Morgan fingerprint density at radius 2 is 1.96 bits per heavy atom. The lowest BCUT2D eigenvalue weighted by Gasteiger charge is -2.22. The molecule has 1 aromatic carbocycles. The molecule has 1 aliphatic heterocycles. The van der Waals surface area contributed by atoms with Crippen LogP contribution in [0.4, 0.5) is 4.39 Å². The smallest absolute Gasteiger partial charge is 0.328 e. The average molecular weight is 374 g/mol. The SMILES string of the molecule is COC(=O)[C@@H]1C[C@H](Oc2ccccc2F)CN1C(=O)c1cccnc1OC. The fourth-order valence-corrected chi connectivity index (χ4v) is 3.06. The number of ether oxygens (including phenoxy) is 3. The molecule has 2 aromatic rings. The van der Waals surface area contributed by atoms with Crippen LogP contribution in [0.5, 0.6) is 11.6 Å². The van der Waals surface area contributed by atoms with Crippen LogP contribution in [0.15, 0.2) is 42.6 Å². The molecule has 142 valence electrons. The Balaban J connectivity index is 1.85. The van der Waals surface area contributed by atoms with Crippen molar-refractivity contribution in [2.24, 2.45) is 0 Å². The lowest BCUT2D eigenvalue weighted by atomic mass is 10.2. The van der Waals surface area contributed by atoms with E-state index in [1.807, 2.05) is 0 Å². The van der Waals surface area contributed by atoms with E-state index in [-0.39, 0.29) is 30.2 Å². The van der Waals surface area contributed by atoms with Gasteiger partial charge in [0.15, 0.2) is 11.6 Å². The zero-order valence-electron chi connectivity index (χ0n) is 14.9. The second-order valence-corrected chi connectivity index (χ2v) is 5.96. The Morgan fingerprint density at radius 1 is 1.19 bits per heavy atom. The highest BCUT2D eigenvalue weighted by molar-refractivity contribution is 5.99. The van der Waals surface area contributed by atoms with Crippen LogP contribution in [-0.2, 0) is 9.53 Å². The molecule has 8 heteroatoms. The number of carbonyl (C=O) groups excluding carboxylic acids is 2. The van der Waals surface area contributed by atoms with Gasteiger partial charge >= 0.3 is 5.97 Å². The first-order valence-corrected chi connectivity index (χ1v) is 8.34. The van der Waals surface area contributed by atoms with Gasteiger partial charge in [-0.2, -0.15) is 0 Å². The van der Waals surface area contributed by atoms with Crippen LogP contribution in [-0.4, -0.2) is 54.7 Å². The molecule has 0 unspecified atom stereocenters. The van der Waals surface area contributed by atoms with Crippen molar-refractivity contribution < 1.29 is 28.2 Å². The number of esters is 1. The Bertz CT molecular complexity index is 844. The van der Waals surface area contributed by atoms with Crippen molar-refractivity contribution in [2.75, 3.05) is 20.8 Å². The number of hydrogen-bond acceptors (Lipinski definition) is 6. The van der Waals surface area contributed by atoms with Gasteiger partial charge in [-0.25, -0.2) is 14.2 Å². The highest BCUT2D eigenvalue weighted by atomic mass is 19.1. The third-order valence-electron chi connectivity index (χ3n) is 4.32. The molecule has 1 saturated heterocycles. The largest absolute Gasteiger partial charge is 0.485 e. The van der Waals surface area contributed by atoms with Crippen molar-refractivity contribution in [1.82, 2.24) is 9.88 Å². The van der Waals surface area contributed by atoms with Crippen molar-refractivity contribution in [1.29, 1.82) is 0 Å². The minimum Gasteiger partial charge on any atom is -0.485 e. The molecule has 27 heavy (non-hydrogen) atoms. The standard InChI is InChI=1S/C19H19FN2O5/c1-25-17-13(6-5-9-21-17)18(23)22-11-12(10-15(22)19(24)26-2)27-16-8-4-3-7-14(16)20/h3-9,12,15H,10-11H2,1-2H3/t12-,15-/m0/s1. The second-order valence-electron chi connectivity index (χ2n) is 5.96. The maximum absolute atomic E-state index is 13.9. The van der Waals surface area contributed by atoms with E-state index in [0.29, 0.717) is 0 Å². The van der Waals surface area contributed by atoms with E-state index in [0.717, 1.165) is 0 Å². The molecule has 0 N–H and O–H groups in total. The molecule has 7 nitrogen and oxygen atoms in total. The first-order valence-electron chi connectivity index (χ1n) is 8.34. The van der Waals surface area contributed by atoms with Crippen molar-refractivity contribution >= 4 is 11.9 Å². The number of nitrogens with zero attached hydrogens (tertiary/aromatic N) is 2. The lowest BCUT2D eigenvalue weighted by Crippen LogP contribution is -2.41. The van der Waals surface area contributed by atoms with Crippen LogP contribution in [0.25, 0.3) is 0 Å². The van der Waals surface area contributed by atoms with Crippen LogP contribution in [0.1, 0.15) is 16.8 Å². The summed E-state index contributed by atoms with van der Waals surface area (Å²) in [6.07, 6.45) is 1.13. The van der Waals surface area contributed by atoms with Crippen LogP contribution < -0.4 is 9.47 Å². The van der Waals surface area contributed by atoms with E-state index >= 15 is 0 Å². The summed E-state index contributed by atoms with van der Waals surface area (Å²) in [7, 11) is 2.66. The Hall–Kier alpha value is -3.16.